The van der Waals surface area contributed by atoms with E-state index in [4.69, 9.17) is 0 Å². The van der Waals surface area contributed by atoms with Crippen LogP contribution in [0.5, 0.6) is 0 Å². The molecule has 3 aromatic rings. The van der Waals surface area contributed by atoms with E-state index in [1.807, 2.05) is 6.07 Å². The molecule has 1 aromatic heterocycles. The number of rotatable bonds is 4. The summed E-state index contributed by atoms with van der Waals surface area (Å²) in [5.41, 5.74) is 0.409. The lowest BCUT2D eigenvalue weighted by Crippen LogP contribution is -2.28. The number of hydrogen-bond acceptors (Lipinski definition) is 2. The molecule has 1 N–H and O–H groups in total. The lowest BCUT2D eigenvalue weighted by atomic mass is 10.1. The van der Waals surface area contributed by atoms with Gasteiger partial charge in [-0.2, -0.15) is 0 Å². The minimum absolute atomic E-state index is 0.154. The summed E-state index contributed by atoms with van der Waals surface area (Å²) in [5, 5.41) is 3.48. The van der Waals surface area contributed by atoms with Crippen LogP contribution in [-0.4, -0.2) is 10.5 Å². The number of amides is 1. The number of benzene rings is 2. The average molecular weight is 322 g/mol. The van der Waals surface area contributed by atoms with E-state index in [0.29, 0.717) is 16.5 Å². The van der Waals surface area contributed by atoms with E-state index in [-0.39, 0.29) is 17.8 Å². The third-order valence-corrected chi connectivity index (χ3v) is 3.65. The maximum Gasteiger partial charge on any atom is 0.272 e. The molecule has 24 heavy (non-hydrogen) atoms. The van der Waals surface area contributed by atoms with Crippen LogP contribution in [0.2, 0.25) is 0 Å². The first-order valence-corrected chi connectivity index (χ1v) is 7.40. The number of carbonyl (C=O) groups excluding carboxylic acids is 1. The summed E-state index contributed by atoms with van der Waals surface area (Å²) >= 11 is 0. The number of fused-ring (bicyclic) bond motifs is 1. The molecule has 0 spiro atoms. The topological polar surface area (TPSA) is 51.1 Å². The molecule has 0 saturated carbocycles. The number of nitrogens with one attached hydrogen (secondary N) is 1. The first-order chi connectivity index (χ1) is 11.6. The predicted molar refractivity (Wildman–Crippen MR) is 92.8 cm³/mol. The quantitative estimate of drug-likeness (QED) is 0.747. The van der Waals surface area contributed by atoms with Crippen molar-refractivity contribution in [2.24, 2.45) is 0 Å². The van der Waals surface area contributed by atoms with Crippen molar-refractivity contribution in [3.8, 4) is 0 Å². The van der Waals surface area contributed by atoms with Gasteiger partial charge in [0.2, 0.25) is 0 Å². The van der Waals surface area contributed by atoms with Crippen molar-refractivity contribution in [3.63, 3.8) is 0 Å². The lowest BCUT2D eigenvalue weighted by molar-refractivity contribution is 0.101. The molecule has 2 aromatic carbocycles. The molecular weight excluding hydrogens is 307 g/mol. The zero-order valence-corrected chi connectivity index (χ0v) is 12.8. The number of hydrogen-bond donors (Lipinski definition) is 1. The van der Waals surface area contributed by atoms with Gasteiger partial charge in [0.05, 0.1) is 0 Å². The van der Waals surface area contributed by atoms with Crippen LogP contribution in [0.1, 0.15) is 10.5 Å². The van der Waals surface area contributed by atoms with Crippen LogP contribution in [0.3, 0.4) is 0 Å². The first-order valence-electron chi connectivity index (χ1n) is 7.40. The second-order valence-corrected chi connectivity index (χ2v) is 5.29. The zero-order chi connectivity index (χ0) is 17.1. The third kappa shape index (κ3) is 2.96. The Balaban J connectivity index is 2.14. The number of allylic oxidation sites excluding steroid dienone is 1. The van der Waals surface area contributed by atoms with E-state index in [0.717, 1.165) is 0 Å². The number of aromatic nitrogens is 1. The molecule has 120 valence electrons. The Morgan fingerprint density at radius 2 is 1.92 bits per heavy atom. The molecule has 5 heteroatoms. The Kier molecular flexibility index (Phi) is 4.24. The van der Waals surface area contributed by atoms with Crippen LogP contribution in [0, 0.1) is 5.82 Å². The van der Waals surface area contributed by atoms with Crippen LogP contribution in [0.4, 0.5) is 10.1 Å². The number of carbonyl (C=O) groups is 1. The SMILES string of the molecule is C=CCn1c(C(=O)Nc2ccccc2)cc2cc(F)ccc2c1=O. The van der Waals surface area contributed by atoms with Gasteiger partial charge in [0.1, 0.15) is 11.5 Å². The second-order valence-electron chi connectivity index (χ2n) is 5.29. The number of anilines is 1. The molecule has 0 saturated heterocycles. The Bertz CT molecular complexity index is 978. The normalized spacial score (nSPS) is 10.5. The highest BCUT2D eigenvalue weighted by Gasteiger charge is 2.15. The standard InChI is InChI=1S/C19H15FN2O2/c1-2-10-22-17(18(23)21-15-6-4-3-5-7-15)12-13-11-14(20)8-9-16(13)19(22)24/h2-9,11-12H,1,10H2,(H,21,23). The van der Waals surface area contributed by atoms with E-state index >= 15 is 0 Å². The Morgan fingerprint density at radius 3 is 2.62 bits per heavy atom. The van der Waals surface area contributed by atoms with Gasteiger partial charge in [0.15, 0.2) is 0 Å². The van der Waals surface area contributed by atoms with Crippen LogP contribution >= 0.6 is 0 Å². The Hall–Kier alpha value is -3.21. The highest BCUT2D eigenvalue weighted by atomic mass is 19.1. The van der Waals surface area contributed by atoms with E-state index < -0.39 is 11.7 Å². The molecule has 0 aliphatic carbocycles. The molecule has 0 bridgehead atoms. The molecule has 1 heterocycles. The predicted octanol–water partition coefficient (Wildman–Crippen LogP) is 3.58. The van der Waals surface area contributed by atoms with Crippen molar-refractivity contribution in [1.29, 1.82) is 0 Å². The van der Waals surface area contributed by atoms with Crippen molar-refractivity contribution < 1.29 is 9.18 Å². The van der Waals surface area contributed by atoms with E-state index in [2.05, 4.69) is 11.9 Å². The minimum atomic E-state index is -0.460. The first kappa shape index (κ1) is 15.7. The number of para-hydroxylation sites is 1. The summed E-state index contributed by atoms with van der Waals surface area (Å²) in [6.45, 7) is 3.81. The smallest absolute Gasteiger partial charge is 0.272 e. The molecule has 0 aliphatic heterocycles. The van der Waals surface area contributed by atoms with E-state index in [1.165, 1.54) is 34.9 Å². The average Bonchev–Trinajstić information content (AvgIpc) is 2.58. The van der Waals surface area contributed by atoms with Gasteiger partial charge in [-0.1, -0.05) is 24.3 Å². The Labute approximate surface area is 137 Å². The highest BCUT2D eigenvalue weighted by Crippen LogP contribution is 2.16. The van der Waals surface area contributed by atoms with Crippen LogP contribution in [-0.2, 0) is 6.54 Å². The summed E-state index contributed by atoms with van der Waals surface area (Å²) in [7, 11) is 0. The monoisotopic (exact) mass is 322 g/mol. The lowest BCUT2D eigenvalue weighted by Gasteiger charge is -2.13. The van der Waals surface area contributed by atoms with Gasteiger partial charge in [-0.15, -0.1) is 6.58 Å². The number of nitrogens with zero attached hydrogens (tertiary/aromatic N) is 1. The molecule has 0 radical (unpaired) electrons. The zero-order valence-electron chi connectivity index (χ0n) is 12.8. The fraction of sp³-hybridized carbons (Fsp3) is 0.0526. The van der Waals surface area contributed by atoms with Crippen molar-refractivity contribution in [3.05, 3.63) is 89.1 Å². The molecule has 1 amide bonds. The maximum absolute atomic E-state index is 13.5. The number of halogens is 1. The minimum Gasteiger partial charge on any atom is -0.321 e. The van der Waals surface area contributed by atoms with Crippen molar-refractivity contribution in [2.75, 3.05) is 5.32 Å². The summed E-state index contributed by atoms with van der Waals surface area (Å²) in [4.78, 5) is 25.2. The maximum atomic E-state index is 13.5. The molecule has 0 aliphatic rings. The molecular formula is C19H15FN2O2. The number of pyridine rings is 1. The molecule has 4 nitrogen and oxygen atoms in total. The second kappa shape index (κ2) is 6.50. The summed E-state index contributed by atoms with van der Waals surface area (Å²) in [6.07, 6.45) is 1.54. The van der Waals surface area contributed by atoms with Crippen molar-refractivity contribution in [1.82, 2.24) is 4.57 Å². The van der Waals surface area contributed by atoms with Crippen LogP contribution in [0.25, 0.3) is 10.8 Å². The fourth-order valence-electron chi connectivity index (χ4n) is 2.54. The van der Waals surface area contributed by atoms with Crippen molar-refractivity contribution >= 4 is 22.4 Å². The van der Waals surface area contributed by atoms with Gasteiger partial charge in [-0.25, -0.2) is 4.39 Å². The molecule has 0 atom stereocenters. The van der Waals surface area contributed by atoms with E-state index in [9.17, 15) is 14.0 Å². The summed E-state index contributed by atoms with van der Waals surface area (Å²) in [5.74, 6) is -0.899. The highest BCUT2D eigenvalue weighted by molar-refractivity contribution is 6.05. The van der Waals surface area contributed by atoms with E-state index in [1.54, 1.807) is 24.3 Å². The molecule has 0 fully saturated rings. The van der Waals surface area contributed by atoms with Gasteiger partial charge in [0.25, 0.3) is 11.5 Å². The Morgan fingerprint density at radius 1 is 1.17 bits per heavy atom. The fourth-order valence-corrected chi connectivity index (χ4v) is 2.54. The van der Waals surface area contributed by atoms with Crippen molar-refractivity contribution in [2.45, 2.75) is 6.54 Å². The molecule has 0 unspecified atom stereocenters. The van der Waals surface area contributed by atoms with Gasteiger partial charge in [0, 0.05) is 17.6 Å². The molecule has 3 rings (SSSR count). The van der Waals surface area contributed by atoms with Gasteiger partial charge in [-0.3, -0.25) is 14.2 Å². The summed E-state index contributed by atoms with van der Waals surface area (Å²) in [6, 6.07) is 14.3. The van der Waals surface area contributed by atoms with Gasteiger partial charge in [-0.05, 0) is 41.8 Å². The summed E-state index contributed by atoms with van der Waals surface area (Å²) < 4.78 is 14.8. The third-order valence-electron chi connectivity index (χ3n) is 3.65. The largest absolute Gasteiger partial charge is 0.321 e. The van der Waals surface area contributed by atoms with Gasteiger partial charge >= 0.3 is 0 Å². The van der Waals surface area contributed by atoms with Crippen LogP contribution < -0.4 is 10.9 Å². The van der Waals surface area contributed by atoms with Crippen LogP contribution in [0.15, 0.2) is 72.0 Å². The van der Waals surface area contributed by atoms with Gasteiger partial charge < -0.3 is 5.32 Å².